The number of fused-ring (bicyclic) bond motifs is 1. The van der Waals surface area contributed by atoms with Crippen molar-refractivity contribution in [2.24, 2.45) is 0 Å². The molecule has 0 aliphatic carbocycles. The minimum Gasteiger partial charge on any atom is -0.329 e. The van der Waals surface area contributed by atoms with Gasteiger partial charge in [0.2, 0.25) is 5.91 Å². The lowest BCUT2D eigenvalue weighted by Gasteiger charge is -2.28. The molecule has 6 nitrogen and oxygen atoms in total. The average Bonchev–Trinajstić information content (AvgIpc) is 2.72. The van der Waals surface area contributed by atoms with Gasteiger partial charge in [0.05, 0.1) is 5.52 Å². The Morgan fingerprint density at radius 3 is 2.90 bits per heavy atom. The van der Waals surface area contributed by atoms with Gasteiger partial charge in [-0.1, -0.05) is 0 Å². The minimum absolute atomic E-state index is 0.151. The SMILES string of the molecule is Cc1ccc2[nH]c(=S)n(C3CCC(=O)N(C)C3=O)c2n1. The zero-order valence-corrected chi connectivity index (χ0v) is 12.0. The molecule has 0 spiro atoms. The van der Waals surface area contributed by atoms with Gasteiger partial charge in [-0.15, -0.1) is 0 Å². The lowest BCUT2D eigenvalue weighted by Crippen LogP contribution is -2.43. The number of carbonyl (C=O) groups is 2. The monoisotopic (exact) mass is 290 g/mol. The number of carbonyl (C=O) groups excluding carboxylic acids is 2. The number of likely N-dealkylation sites (N-methyl/N-ethyl adjacent to an activating group) is 1. The van der Waals surface area contributed by atoms with Crippen LogP contribution in [-0.2, 0) is 9.59 Å². The second-order valence-electron chi connectivity index (χ2n) is 4.97. The highest BCUT2D eigenvalue weighted by Crippen LogP contribution is 2.26. The van der Waals surface area contributed by atoms with Crippen molar-refractivity contribution in [3.05, 3.63) is 22.6 Å². The Bertz CT molecular complexity index is 776. The molecule has 104 valence electrons. The van der Waals surface area contributed by atoms with Gasteiger partial charge in [0.1, 0.15) is 6.04 Å². The molecule has 1 unspecified atom stereocenters. The molecular formula is C13H14N4O2S. The summed E-state index contributed by atoms with van der Waals surface area (Å²) < 4.78 is 2.18. The van der Waals surface area contributed by atoms with Crippen LogP contribution in [0.2, 0.25) is 0 Å². The zero-order valence-electron chi connectivity index (χ0n) is 11.2. The maximum absolute atomic E-state index is 12.3. The molecule has 3 heterocycles. The molecule has 0 aromatic carbocycles. The fourth-order valence-electron chi connectivity index (χ4n) is 2.52. The van der Waals surface area contributed by atoms with E-state index in [1.165, 1.54) is 11.9 Å². The molecular weight excluding hydrogens is 276 g/mol. The summed E-state index contributed by atoms with van der Waals surface area (Å²) in [5.74, 6) is -0.386. The van der Waals surface area contributed by atoms with Crippen LogP contribution in [0.4, 0.5) is 0 Å². The smallest absolute Gasteiger partial charge is 0.252 e. The van der Waals surface area contributed by atoms with Gasteiger partial charge >= 0.3 is 0 Å². The lowest BCUT2D eigenvalue weighted by atomic mass is 10.0. The minimum atomic E-state index is -0.465. The first kappa shape index (κ1) is 13.0. The fourth-order valence-corrected chi connectivity index (χ4v) is 2.85. The Morgan fingerprint density at radius 2 is 2.15 bits per heavy atom. The predicted octanol–water partition coefficient (Wildman–Crippen LogP) is 1.72. The lowest BCUT2D eigenvalue weighted by molar-refractivity contribution is -0.149. The fraction of sp³-hybridized carbons (Fsp3) is 0.385. The normalized spacial score (nSPS) is 19.9. The van der Waals surface area contributed by atoms with Gasteiger partial charge in [0, 0.05) is 19.2 Å². The Hall–Kier alpha value is -2.02. The highest BCUT2D eigenvalue weighted by molar-refractivity contribution is 7.71. The van der Waals surface area contributed by atoms with Gasteiger partial charge in [-0.3, -0.25) is 19.1 Å². The van der Waals surface area contributed by atoms with Gasteiger partial charge < -0.3 is 4.98 Å². The number of piperidine rings is 1. The number of pyridine rings is 1. The van der Waals surface area contributed by atoms with Crippen LogP contribution in [0.15, 0.2) is 12.1 Å². The van der Waals surface area contributed by atoms with E-state index in [2.05, 4.69) is 9.97 Å². The summed E-state index contributed by atoms with van der Waals surface area (Å²) in [5, 5.41) is 0. The third-order valence-electron chi connectivity index (χ3n) is 3.64. The van der Waals surface area contributed by atoms with Crippen molar-refractivity contribution >= 4 is 35.2 Å². The summed E-state index contributed by atoms with van der Waals surface area (Å²) in [6, 6.07) is 3.32. The van der Waals surface area contributed by atoms with Gasteiger partial charge in [-0.2, -0.15) is 0 Å². The maximum atomic E-state index is 12.3. The Kier molecular flexibility index (Phi) is 2.93. The largest absolute Gasteiger partial charge is 0.329 e. The molecule has 0 saturated carbocycles. The molecule has 1 aliphatic rings. The maximum Gasteiger partial charge on any atom is 0.252 e. The van der Waals surface area contributed by atoms with Gasteiger partial charge in [0.15, 0.2) is 10.4 Å². The van der Waals surface area contributed by atoms with Gasteiger partial charge in [0.25, 0.3) is 5.91 Å². The van der Waals surface area contributed by atoms with Crippen LogP contribution in [0.1, 0.15) is 24.6 Å². The highest BCUT2D eigenvalue weighted by atomic mass is 32.1. The third-order valence-corrected chi connectivity index (χ3v) is 3.93. The van der Waals surface area contributed by atoms with Crippen LogP contribution in [0.5, 0.6) is 0 Å². The van der Waals surface area contributed by atoms with E-state index in [0.717, 1.165) is 11.2 Å². The number of H-pyrrole nitrogens is 1. The number of likely N-dealkylation sites (tertiary alicyclic amines) is 1. The predicted molar refractivity (Wildman–Crippen MR) is 75.7 cm³/mol. The number of aromatic nitrogens is 3. The van der Waals surface area contributed by atoms with E-state index in [0.29, 0.717) is 23.3 Å². The quantitative estimate of drug-likeness (QED) is 0.641. The second-order valence-corrected chi connectivity index (χ2v) is 5.36. The van der Waals surface area contributed by atoms with Crippen molar-refractivity contribution in [2.45, 2.75) is 25.8 Å². The molecule has 1 saturated heterocycles. The van der Waals surface area contributed by atoms with E-state index in [1.807, 2.05) is 19.1 Å². The van der Waals surface area contributed by atoms with Crippen LogP contribution in [0.25, 0.3) is 11.2 Å². The number of rotatable bonds is 1. The number of aromatic amines is 1. The molecule has 3 rings (SSSR count). The number of aryl methyl sites for hydroxylation is 1. The summed E-state index contributed by atoms with van der Waals surface area (Å²) in [6.45, 7) is 1.89. The van der Waals surface area contributed by atoms with E-state index in [9.17, 15) is 9.59 Å². The number of hydrogen-bond acceptors (Lipinski definition) is 4. The van der Waals surface area contributed by atoms with Crippen molar-refractivity contribution in [2.75, 3.05) is 7.05 Å². The van der Waals surface area contributed by atoms with Crippen LogP contribution in [-0.4, -0.2) is 38.3 Å². The molecule has 20 heavy (non-hydrogen) atoms. The Labute approximate surface area is 120 Å². The second kappa shape index (κ2) is 4.52. The summed E-state index contributed by atoms with van der Waals surface area (Å²) in [5.41, 5.74) is 2.32. The molecule has 7 heteroatoms. The first-order valence-corrected chi connectivity index (χ1v) is 6.78. The van der Waals surface area contributed by atoms with Gasteiger partial charge in [-0.05, 0) is 37.7 Å². The van der Waals surface area contributed by atoms with Crippen LogP contribution in [0, 0.1) is 11.7 Å². The molecule has 1 aliphatic heterocycles. The first-order valence-electron chi connectivity index (χ1n) is 6.37. The van der Waals surface area contributed by atoms with Crippen LogP contribution >= 0.6 is 12.2 Å². The summed E-state index contributed by atoms with van der Waals surface area (Å²) in [7, 11) is 1.51. The third kappa shape index (κ3) is 1.85. The molecule has 2 amide bonds. The standard InChI is InChI=1S/C13H14N4O2S/c1-7-3-4-8-11(14-7)17(13(20)15-8)9-5-6-10(18)16(2)12(9)19/h3-4,9H,5-6H2,1-2H3,(H,15,20). The van der Waals surface area contributed by atoms with E-state index in [-0.39, 0.29) is 11.8 Å². The number of nitrogens with zero attached hydrogens (tertiary/aromatic N) is 3. The molecule has 1 fully saturated rings. The number of imide groups is 1. The van der Waals surface area contributed by atoms with E-state index in [1.54, 1.807) is 4.57 Å². The Balaban J connectivity index is 2.17. The molecule has 1 N–H and O–H groups in total. The van der Waals surface area contributed by atoms with Crippen molar-refractivity contribution in [3.8, 4) is 0 Å². The number of amides is 2. The van der Waals surface area contributed by atoms with Crippen molar-refractivity contribution in [3.63, 3.8) is 0 Å². The topological polar surface area (TPSA) is 71.0 Å². The summed E-state index contributed by atoms with van der Waals surface area (Å²) in [6.07, 6.45) is 0.798. The highest BCUT2D eigenvalue weighted by Gasteiger charge is 2.34. The number of imidazole rings is 1. The average molecular weight is 290 g/mol. The van der Waals surface area contributed by atoms with Crippen LogP contribution < -0.4 is 0 Å². The summed E-state index contributed by atoms with van der Waals surface area (Å²) >= 11 is 5.31. The van der Waals surface area contributed by atoms with Crippen molar-refractivity contribution < 1.29 is 9.59 Å². The van der Waals surface area contributed by atoms with Crippen molar-refractivity contribution in [1.82, 2.24) is 19.4 Å². The molecule has 1 atom stereocenters. The van der Waals surface area contributed by atoms with Gasteiger partial charge in [-0.25, -0.2) is 4.98 Å². The van der Waals surface area contributed by atoms with Crippen LogP contribution in [0.3, 0.4) is 0 Å². The first-order chi connectivity index (χ1) is 9.49. The summed E-state index contributed by atoms with van der Waals surface area (Å²) in [4.78, 5) is 32.6. The number of nitrogens with one attached hydrogen (secondary N) is 1. The molecule has 2 aromatic rings. The van der Waals surface area contributed by atoms with E-state index in [4.69, 9.17) is 12.2 Å². The molecule has 0 radical (unpaired) electrons. The van der Waals surface area contributed by atoms with Crippen molar-refractivity contribution in [1.29, 1.82) is 0 Å². The molecule has 0 bridgehead atoms. The van der Waals surface area contributed by atoms with E-state index >= 15 is 0 Å². The Morgan fingerprint density at radius 1 is 1.40 bits per heavy atom. The molecule has 2 aromatic heterocycles. The zero-order chi connectivity index (χ0) is 14.4. The van der Waals surface area contributed by atoms with E-state index < -0.39 is 6.04 Å². The number of hydrogen-bond donors (Lipinski definition) is 1.